The zero-order chi connectivity index (χ0) is 47.0. The number of allylic oxidation sites excluding steroid dienone is 16. The van der Waals surface area contributed by atoms with Crippen LogP contribution >= 0.6 is 0 Å². The Hall–Kier alpha value is -7.68. The fourth-order valence-electron chi connectivity index (χ4n) is 9.49. The Kier molecular flexibility index (Phi) is 14.1. The highest BCUT2D eigenvalue weighted by molar-refractivity contribution is 6.26. The minimum Gasteiger partial charge on any atom is -0.456 e. The van der Waals surface area contributed by atoms with Gasteiger partial charge >= 0.3 is 0 Å². The average Bonchev–Trinajstić information content (AvgIpc) is 3.55. The molecule has 0 saturated heterocycles. The first-order chi connectivity index (χ1) is 32.6. The molecule has 2 aliphatic rings. The zero-order valence-electron chi connectivity index (χ0n) is 40.1. The summed E-state index contributed by atoms with van der Waals surface area (Å²) < 4.78 is 6.26. The second-order valence-corrected chi connectivity index (χ2v) is 17.3. The molecule has 0 aliphatic heterocycles. The summed E-state index contributed by atoms with van der Waals surface area (Å²) in [7, 11) is 2.15. The van der Waals surface area contributed by atoms with Crippen LogP contribution < -0.4 is 15.5 Å². The van der Waals surface area contributed by atoms with Crippen molar-refractivity contribution < 1.29 is 4.42 Å². The van der Waals surface area contributed by atoms with Crippen LogP contribution in [0.1, 0.15) is 69.1 Å². The highest BCUT2D eigenvalue weighted by Crippen LogP contribution is 2.40. The molecule has 0 fully saturated rings. The third-order valence-electron chi connectivity index (χ3n) is 13.1. The number of para-hydroxylation sites is 1. The largest absolute Gasteiger partial charge is 0.456 e. The van der Waals surface area contributed by atoms with E-state index < -0.39 is 0 Å². The van der Waals surface area contributed by atoms with Gasteiger partial charge in [-0.1, -0.05) is 183 Å². The molecular weight excluding hydrogens is 811 g/mol. The van der Waals surface area contributed by atoms with Gasteiger partial charge in [-0.3, -0.25) is 0 Å². The molecule has 0 N–H and O–H groups in total. The Balaban J connectivity index is 0.000000207. The lowest BCUT2D eigenvalue weighted by atomic mass is 9.86. The first kappa shape index (κ1) is 45.9. The van der Waals surface area contributed by atoms with Crippen LogP contribution in [0, 0.1) is 12.8 Å². The molecule has 0 saturated carbocycles. The second-order valence-electron chi connectivity index (χ2n) is 17.3. The van der Waals surface area contributed by atoms with E-state index in [1.54, 1.807) is 0 Å². The molecule has 9 rings (SSSR count). The minimum absolute atomic E-state index is 0.210. The maximum Gasteiger partial charge on any atom is 0.138 e. The number of fused-ring (bicyclic) bond motifs is 7. The number of furan rings is 1. The monoisotopic (exact) mass is 871 g/mol. The van der Waals surface area contributed by atoms with Crippen molar-refractivity contribution >= 4 is 66.9 Å². The van der Waals surface area contributed by atoms with Crippen molar-refractivity contribution in [3.05, 3.63) is 262 Å². The zero-order valence-corrected chi connectivity index (χ0v) is 40.1. The van der Waals surface area contributed by atoms with Crippen LogP contribution in [-0.4, -0.2) is 7.05 Å². The van der Waals surface area contributed by atoms with Gasteiger partial charge in [0, 0.05) is 40.7 Å². The summed E-state index contributed by atoms with van der Waals surface area (Å²) in [5.41, 5.74) is 15.0. The van der Waals surface area contributed by atoms with Gasteiger partial charge < -0.3 is 9.32 Å². The SMILES string of the molecule is C=C(C)c1cc2c3ccccc3c3ccccc3c2cc1C(/C=C(\C)C1=C(N(C)c2ccccc2)C=CC=CC1)=C/C.C=C(c1ccccc1)c1oc2c(c1C)=CC=CC(C(/C=C\C)=C/C)C=2. The van der Waals surface area contributed by atoms with Crippen LogP contribution in [0.5, 0.6) is 0 Å². The predicted octanol–water partition coefficient (Wildman–Crippen LogP) is 16.4. The molecule has 0 radical (unpaired) electrons. The first-order valence-electron chi connectivity index (χ1n) is 23.4. The summed E-state index contributed by atoms with van der Waals surface area (Å²) in [6, 6.07) is 43.1. The number of likely N-dealkylation sites (N-methyl/N-ethyl adjacent to an activating group) is 1. The van der Waals surface area contributed by atoms with Crippen LogP contribution in [-0.2, 0) is 0 Å². The fourth-order valence-corrected chi connectivity index (χ4v) is 9.49. The van der Waals surface area contributed by atoms with Crippen LogP contribution in [0.4, 0.5) is 5.69 Å². The van der Waals surface area contributed by atoms with Gasteiger partial charge in [-0.2, -0.15) is 0 Å². The molecule has 0 spiro atoms. The summed E-state index contributed by atoms with van der Waals surface area (Å²) in [5, 5.41) is 8.84. The molecule has 6 aromatic carbocycles. The highest BCUT2D eigenvalue weighted by atomic mass is 16.3. The molecule has 1 aromatic heterocycles. The summed E-state index contributed by atoms with van der Waals surface area (Å²) in [6.45, 7) is 21.4. The molecule has 1 heterocycles. The Labute approximate surface area is 397 Å². The van der Waals surface area contributed by atoms with E-state index in [0.29, 0.717) is 0 Å². The van der Waals surface area contributed by atoms with Gasteiger partial charge in [0.2, 0.25) is 0 Å². The number of nitrogens with zero attached hydrogens (tertiary/aromatic N) is 1. The number of hydrogen-bond acceptors (Lipinski definition) is 2. The molecule has 67 heavy (non-hydrogen) atoms. The summed E-state index contributed by atoms with van der Waals surface area (Å²) in [6.07, 6.45) is 29.3. The summed E-state index contributed by atoms with van der Waals surface area (Å²) in [4.78, 5) is 2.29. The number of anilines is 1. The minimum atomic E-state index is 0.210. The third kappa shape index (κ3) is 9.53. The smallest absolute Gasteiger partial charge is 0.138 e. The van der Waals surface area contributed by atoms with Gasteiger partial charge in [-0.05, 0) is 156 Å². The predicted molar refractivity (Wildman–Crippen MR) is 293 cm³/mol. The van der Waals surface area contributed by atoms with Gasteiger partial charge in [0.15, 0.2) is 0 Å². The van der Waals surface area contributed by atoms with Crippen molar-refractivity contribution in [3.63, 3.8) is 0 Å². The molecule has 0 bridgehead atoms. The lowest BCUT2D eigenvalue weighted by Crippen LogP contribution is -2.21. The molecule has 2 aliphatic carbocycles. The second kappa shape index (κ2) is 20.7. The lowest BCUT2D eigenvalue weighted by Gasteiger charge is -2.24. The lowest BCUT2D eigenvalue weighted by molar-refractivity contribution is 0.515. The van der Waals surface area contributed by atoms with E-state index >= 15 is 0 Å². The standard InChI is InChI=1S/C41H37N.C24H24O/c1-6-30(25-29(4)32-19-11-8-12-24-41(32)42(5)31-17-9-7-10-18-31)38-27-40-36-23-16-14-21-34(36)33-20-13-15-22-35(33)39(40)26-37(38)28(2)3;1-5-11-19(6-2)21-14-10-15-22-18(4)24(25-23(22)16-21)17(3)20-12-8-7-9-13-20/h6-18,20-27H,2,19H2,1,3-5H3;5-16,21H,3H2,1-2,4H3/b29-25+,30-6+;11-5-,19-6+. The summed E-state index contributed by atoms with van der Waals surface area (Å²) >= 11 is 0. The van der Waals surface area contributed by atoms with Gasteiger partial charge in [-0.15, -0.1) is 0 Å². The van der Waals surface area contributed by atoms with Crippen LogP contribution in [0.3, 0.4) is 0 Å². The van der Waals surface area contributed by atoms with E-state index in [4.69, 9.17) is 4.42 Å². The van der Waals surface area contributed by atoms with E-state index in [0.717, 1.165) is 45.1 Å². The average molecular weight is 872 g/mol. The topological polar surface area (TPSA) is 16.4 Å². The molecule has 0 amide bonds. The Morgan fingerprint density at radius 2 is 1.30 bits per heavy atom. The molecule has 1 unspecified atom stereocenters. The van der Waals surface area contributed by atoms with E-state index in [1.807, 2.05) is 25.1 Å². The van der Waals surface area contributed by atoms with E-state index in [2.05, 4.69) is 242 Å². The molecule has 2 nitrogen and oxygen atoms in total. The fraction of sp³-hybridized carbons (Fsp3) is 0.138. The maximum absolute atomic E-state index is 6.26. The molecule has 7 aromatic rings. The quantitative estimate of drug-likeness (QED) is 0.101. The normalized spacial score (nSPS) is 15.2. The molecule has 332 valence electrons. The van der Waals surface area contributed by atoms with Crippen molar-refractivity contribution in [2.75, 3.05) is 11.9 Å². The van der Waals surface area contributed by atoms with Crippen LogP contribution in [0.25, 0.3) is 61.2 Å². The number of hydrogen-bond donors (Lipinski definition) is 0. The van der Waals surface area contributed by atoms with E-state index in [9.17, 15) is 0 Å². The van der Waals surface area contributed by atoms with Gasteiger partial charge in [0.1, 0.15) is 11.2 Å². The maximum atomic E-state index is 6.26. The molecule has 1 atom stereocenters. The van der Waals surface area contributed by atoms with Crippen molar-refractivity contribution in [2.45, 2.75) is 48.0 Å². The third-order valence-corrected chi connectivity index (χ3v) is 13.1. The Bertz CT molecular complexity index is 3410. The first-order valence-corrected chi connectivity index (χ1v) is 23.4. The molecular formula is C65H61NO. The van der Waals surface area contributed by atoms with Crippen molar-refractivity contribution in [1.82, 2.24) is 0 Å². The Morgan fingerprint density at radius 1 is 0.701 bits per heavy atom. The van der Waals surface area contributed by atoms with E-state index in [-0.39, 0.29) is 5.92 Å². The van der Waals surface area contributed by atoms with Crippen molar-refractivity contribution in [2.24, 2.45) is 5.92 Å². The van der Waals surface area contributed by atoms with Crippen molar-refractivity contribution in [3.8, 4) is 0 Å². The molecule has 2 heteroatoms. The van der Waals surface area contributed by atoms with E-state index in [1.165, 1.54) is 77.1 Å². The number of rotatable bonds is 10. The Morgan fingerprint density at radius 3 is 1.90 bits per heavy atom. The van der Waals surface area contributed by atoms with Crippen LogP contribution in [0.2, 0.25) is 0 Å². The van der Waals surface area contributed by atoms with Gasteiger partial charge in [-0.25, -0.2) is 0 Å². The highest BCUT2D eigenvalue weighted by Gasteiger charge is 2.18. The van der Waals surface area contributed by atoms with Gasteiger partial charge in [0.25, 0.3) is 0 Å². The summed E-state index contributed by atoms with van der Waals surface area (Å²) in [5.74, 6) is 1.08. The van der Waals surface area contributed by atoms with Gasteiger partial charge in [0.05, 0.1) is 0 Å². The number of benzene rings is 6. The van der Waals surface area contributed by atoms with Crippen LogP contribution in [0.15, 0.2) is 228 Å². The van der Waals surface area contributed by atoms with Crippen molar-refractivity contribution in [1.29, 1.82) is 0 Å².